The van der Waals surface area contributed by atoms with Crippen molar-refractivity contribution in [2.75, 3.05) is 23.9 Å². The van der Waals surface area contributed by atoms with Crippen molar-refractivity contribution in [3.05, 3.63) is 81.2 Å². The molecule has 152 valence electrons. The Hall–Kier alpha value is -3.04. The van der Waals surface area contributed by atoms with Crippen molar-refractivity contribution in [2.24, 2.45) is 5.73 Å². The van der Waals surface area contributed by atoms with Crippen molar-refractivity contribution in [3.8, 4) is 6.07 Å². The highest BCUT2D eigenvalue weighted by Crippen LogP contribution is 2.46. The number of hydrogen-bond donors (Lipinski definition) is 1. The Morgan fingerprint density at radius 2 is 1.77 bits per heavy atom. The number of anilines is 2. The van der Waals surface area contributed by atoms with E-state index in [0.717, 1.165) is 39.9 Å². The SMILES string of the molecule is CN(C)c1ccc([C@H]2C(C#N)=C(N)N(c3ccc(Br)cc3)C3=C2C(=O)CCC3)cc1. The number of nitriles is 1. The first-order valence-corrected chi connectivity index (χ1v) is 10.7. The van der Waals surface area contributed by atoms with Crippen LogP contribution in [0.1, 0.15) is 30.7 Å². The number of benzene rings is 2. The number of rotatable bonds is 3. The van der Waals surface area contributed by atoms with E-state index in [9.17, 15) is 10.1 Å². The van der Waals surface area contributed by atoms with E-state index in [1.807, 2.05) is 72.4 Å². The molecule has 1 aliphatic heterocycles. The van der Waals surface area contributed by atoms with E-state index in [0.29, 0.717) is 23.4 Å². The van der Waals surface area contributed by atoms with Gasteiger partial charge in [0.2, 0.25) is 0 Å². The van der Waals surface area contributed by atoms with Gasteiger partial charge in [0, 0.05) is 47.6 Å². The maximum Gasteiger partial charge on any atom is 0.161 e. The summed E-state index contributed by atoms with van der Waals surface area (Å²) < 4.78 is 0.957. The Labute approximate surface area is 185 Å². The summed E-state index contributed by atoms with van der Waals surface area (Å²) in [6.07, 6.45) is 2.03. The molecule has 5 nitrogen and oxygen atoms in total. The lowest BCUT2D eigenvalue weighted by atomic mass is 9.75. The quantitative estimate of drug-likeness (QED) is 0.707. The number of allylic oxidation sites excluding steroid dienone is 3. The topological polar surface area (TPSA) is 73.4 Å². The summed E-state index contributed by atoms with van der Waals surface area (Å²) in [4.78, 5) is 17.0. The van der Waals surface area contributed by atoms with E-state index in [-0.39, 0.29) is 5.78 Å². The first-order chi connectivity index (χ1) is 14.4. The number of nitrogens with two attached hydrogens (primary N) is 1. The zero-order valence-electron chi connectivity index (χ0n) is 17.0. The summed E-state index contributed by atoms with van der Waals surface area (Å²) >= 11 is 3.46. The van der Waals surface area contributed by atoms with Crippen molar-refractivity contribution in [1.82, 2.24) is 0 Å². The van der Waals surface area contributed by atoms with E-state index in [1.54, 1.807) is 0 Å². The average molecular weight is 463 g/mol. The fourth-order valence-electron chi connectivity index (χ4n) is 4.27. The minimum absolute atomic E-state index is 0.0975. The van der Waals surface area contributed by atoms with Crippen molar-refractivity contribution >= 4 is 33.1 Å². The lowest BCUT2D eigenvalue weighted by molar-refractivity contribution is -0.116. The molecule has 0 radical (unpaired) electrons. The van der Waals surface area contributed by atoms with Gasteiger partial charge in [0.1, 0.15) is 5.82 Å². The molecule has 0 amide bonds. The van der Waals surface area contributed by atoms with Crippen molar-refractivity contribution in [1.29, 1.82) is 5.26 Å². The Morgan fingerprint density at radius 1 is 1.10 bits per heavy atom. The molecule has 0 bridgehead atoms. The van der Waals surface area contributed by atoms with Crippen LogP contribution in [0.2, 0.25) is 0 Å². The Balaban J connectivity index is 1.91. The van der Waals surface area contributed by atoms with Gasteiger partial charge in [-0.25, -0.2) is 0 Å². The summed E-state index contributed by atoms with van der Waals surface area (Å²) in [5, 5.41) is 10.1. The van der Waals surface area contributed by atoms with Gasteiger partial charge in [0.15, 0.2) is 5.78 Å². The molecular weight excluding hydrogens is 440 g/mol. The highest BCUT2D eigenvalue weighted by molar-refractivity contribution is 9.10. The molecule has 1 atom stereocenters. The second kappa shape index (κ2) is 8.00. The van der Waals surface area contributed by atoms with Gasteiger partial charge < -0.3 is 10.6 Å². The van der Waals surface area contributed by atoms with Crippen molar-refractivity contribution in [3.63, 3.8) is 0 Å². The smallest absolute Gasteiger partial charge is 0.161 e. The normalized spacial score (nSPS) is 18.9. The first-order valence-electron chi connectivity index (χ1n) is 9.91. The maximum atomic E-state index is 13.1. The molecule has 0 unspecified atom stereocenters. The van der Waals surface area contributed by atoms with E-state index in [1.165, 1.54) is 0 Å². The van der Waals surface area contributed by atoms with E-state index < -0.39 is 5.92 Å². The Bertz CT molecular complexity index is 1090. The molecule has 0 saturated carbocycles. The number of hydrogen-bond acceptors (Lipinski definition) is 5. The molecule has 2 aliphatic rings. The fraction of sp³-hybridized carbons (Fsp3) is 0.250. The summed E-state index contributed by atoms with van der Waals surface area (Å²) in [5.74, 6) is 0.0657. The number of carbonyl (C=O) groups is 1. The van der Waals surface area contributed by atoms with Crippen LogP contribution >= 0.6 is 15.9 Å². The van der Waals surface area contributed by atoms with Gasteiger partial charge >= 0.3 is 0 Å². The Morgan fingerprint density at radius 3 is 2.37 bits per heavy atom. The molecule has 4 rings (SSSR count). The third kappa shape index (κ3) is 3.40. The highest BCUT2D eigenvalue weighted by Gasteiger charge is 2.40. The van der Waals surface area contributed by atoms with Gasteiger partial charge in [-0.05, 0) is 54.8 Å². The van der Waals surface area contributed by atoms with Gasteiger partial charge in [0.05, 0.1) is 17.6 Å². The number of halogens is 1. The van der Waals surface area contributed by atoms with E-state index in [4.69, 9.17) is 5.73 Å². The summed E-state index contributed by atoms with van der Waals surface area (Å²) in [5.41, 5.74) is 11.4. The summed E-state index contributed by atoms with van der Waals surface area (Å²) in [6, 6.07) is 18.1. The maximum absolute atomic E-state index is 13.1. The van der Waals surface area contributed by atoms with Gasteiger partial charge in [-0.2, -0.15) is 5.26 Å². The average Bonchev–Trinajstić information content (AvgIpc) is 2.74. The number of Topliss-reactive ketones (excluding diaryl/α,β-unsaturated/α-hetero) is 1. The predicted octanol–water partition coefficient (Wildman–Crippen LogP) is 4.82. The number of carbonyl (C=O) groups excluding carboxylic acids is 1. The summed E-state index contributed by atoms with van der Waals surface area (Å²) in [6.45, 7) is 0. The van der Waals surface area contributed by atoms with Crippen LogP contribution in [-0.4, -0.2) is 19.9 Å². The van der Waals surface area contributed by atoms with Crippen LogP contribution in [0, 0.1) is 11.3 Å². The van der Waals surface area contributed by atoms with Crippen LogP contribution in [0.5, 0.6) is 0 Å². The zero-order valence-corrected chi connectivity index (χ0v) is 18.6. The van der Waals surface area contributed by atoms with Crippen molar-refractivity contribution in [2.45, 2.75) is 25.2 Å². The molecule has 1 aliphatic carbocycles. The molecule has 0 fully saturated rings. The van der Waals surface area contributed by atoms with Gasteiger partial charge in [-0.1, -0.05) is 28.1 Å². The molecular formula is C24H23BrN4O. The van der Waals surface area contributed by atoms with Crippen LogP contribution < -0.4 is 15.5 Å². The van der Waals surface area contributed by atoms with Crippen LogP contribution in [0.15, 0.2) is 75.7 Å². The molecule has 2 aromatic rings. The number of ketones is 1. The highest BCUT2D eigenvalue weighted by atomic mass is 79.9. The van der Waals surface area contributed by atoms with Crippen molar-refractivity contribution < 1.29 is 4.79 Å². The van der Waals surface area contributed by atoms with E-state index >= 15 is 0 Å². The monoisotopic (exact) mass is 462 g/mol. The lowest BCUT2D eigenvalue weighted by Crippen LogP contribution is -2.38. The van der Waals surface area contributed by atoms with Gasteiger partial charge in [-0.3, -0.25) is 9.69 Å². The Kier molecular flexibility index (Phi) is 5.40. The van der Waals surface area contributed by atoms with Crippen LogP contribution in [0.3, 0.4) is 0 Å². The van der Waals surface area contributed by atoms with Gasteiger partial charge in [0.25, 0.3) is 0 Å². The molecule has 30 heavy (non-hydrogen) atoms. The molecule has 2 aromatic carbocycles. The largest absolute Gasteiger partial charge is 0.384 e. The fourth-order valence-corrected chi connectivity index (χ4v) is 4.53. The predicted molar refractivity (Wildman–Crippen MR) is 123 cm³/mol. The standard InChI is InChI=1S/C24H23BrN4O/c1-28(2)17-10-6-15(7-11-17)22-19(14-26)24(27)29(18-12-8-16(25)9-13-18)20-4-3-5-21(30)23(20)22/h6-13,22H,3-5,27H2,1-2H3/t22-/m0/s1. The van der Waals surface area contributed by atoms with Crippen LogP contribution in [0.4, 0.5) is 11.4 Å². The third-order valence-corrected chi connectivity index (χ3v) is 6.27. The third-order valence-electron chi connectivity index (χ3n) is 5.74. The second-order valence-electron chi connectivity index (χ2n) is 7.78. The zero-order chi connectivity index (χ0) is 21.4. The molecule has 0 aromatic heterocycles. The molecule has 2 N–H and O–H groups in total. The molecule has 0 saturated heterocycles. The molecule has 1 heterocycles. The second-order valence-corrected chi connectivity index (χ2v) is 8.69. The minimum Gasteiger partial charge on any atom is -0.384 e. The number of nitrogens with zero attached hydrogens (tertiary/aromatic N) is 3. The van der Waals surface area contributed by atoms with Crippen LogP contribution in [0.25, 0.3) is 0 Å². The van der Waals surface area contributed by atoms with E-state index in [2.05, 4.69) is 22.0 Å². The molecule has 6 heteroatoms. The molecule has 0 spiro atoms. The van der Waals surface area contributed by atoms with Crippen LogP contribution in [-0.2, 0) is 4.79 Å². The summed E-state index contributed by atoms with van der Waals surface area (Å²) in [7, 11) is 3.96. The minimum atomic E-state index is -0.430. The first kappa shape index (κ1) is 20.2. The lowest BCUT2D eigenvalue weighted by Gasteiger charge is -2.39. The van der Waals surface area contributed by atoms with Gasteiger partial charge in [-0.15, -0.1) is 0 Å².